The van der Waals surface area contributed by atoms with E-state index in [1.165, 1.54) is 10.8 Å². The second-order valence-electron chi connectivity index (χ2n) is 7.42. The van der Waals surface area contributed by atoms with Crippen molar-refractivity contribution in [3.8, 4) is 11.3 Å². The Labute approximate surface area is 163 Å². The average molecular weight is 398 g/mol. The van der Waals surface area contributed by atoms with Crippen LogP contribution < -0.4 is 10.9 Å². The Morgan fingerprint density at radius 2 is 1.86 bits per heavy atom. The number of hydrogen-bond acceptors (Lipinski definition) is 6. The second-order valence-corrected chi connectivity index (χ2v) is 9.93. The maximum absolute atomic E-state index is 12.6. The molecule has 0 aliphatic heterocycles. The number of anilines is 1. The highest BCUT2D eigenvalue weighted by Gasteiger charge is 2.23. The molecule has 0 spiro atoms. The molecule has 7 nitrogen and oxygen atoms in total. The van der Waals surface area contributed by atoms with Crippen molar-refractivity contribution in [3.63, 3.8) is 0 Å². The van der Waals surface area contributed by atoms with Crippen molar-refractivity contribution in [1.82, 2.24) is 14.5 Å². The third-order valence-electron chi connectivity index (χ3n) is 4.97. The van der Waals surface area contributed by atoms with Crippen LogP contribution >= 0.6 is 0 Å². The van der Waals surface area contributed by atoms with Crippen LogP contribution in [0.4, 0.5) is 5.95 Å². The zero-order valence-electron chi connectivity index (χ0n) is 16.0. The zero-order valence-corrected chi connectivity index (χ0v) is 16.8. The van der Waals surface area contributed by atoms with Crippen molar-refractivity contribution in [1.29, 1.82) is 0 Å². The van der Waals surface area contributed by atoms with E-state index in [4.69, 9.17) is 0 Å². The number of rotatable bonds is 5. The van der Waals surface area contributed by atoms with Gasteiger partial charge < -0.3 is 5.32 Å². The van der Waals surface area contributed by atoms with E-state index in [-0.39, 0.29) is 10.5 Å². The monoisotopic (exact) mass is 398 g/mol. The van der Waals surface area contributed by atoms with Crippen molar-refractivity contribution in [2.45, 2.75) is 42.9 Å². The summed E-state index contributed by atoms with van der Waals surface area (Å²) in [6, 6.07) is 8.79. The summed E-state index contributed by atoms with van der Waals surface area (Å²) in [5, 5.41) is 3.25. The van der Waals surface area contributed by atoms with Crippen LogP contribution in [0.3, 0.4) is 0 Å². The molecule has 2 aromatic heterocycles. The number of nitrogens with one attached hydrogen (secondary N) is 1. The van der Waals surface area contributed by atoms with E-state index in [2.05, 4.69) is 15.3 Å². The van der Waals surface area contributed by atoms with E-state index in [9.17, 15) is 13.2 Å². The lowest BCUT2D eigenvalue weighted by Gasteiger charge is -2.11. The highest BCUT2D eigenvalue weighted by atomic mass is 32.2. The largest absolute Gasteiger partial charge is 0.353 e. The SMILES string of the molecule is CC(C)S(=O)(=O)c1ccc(-c2cc3nc(NC4CC4)n(C)c(=O)c3cn2)cc1. The minimum atomic E-state index is -3.32. The number of hydrogen-bond donors (Lipinski definition) is 1. The molecule has 0 atom stereocenters. The summed E-state index contributed by atoms with van der Waals surface area (Å²) < 4.78 is 26.1. The fraction of sp³-hybridized carbons (Fsp3) is 0.350. The Morgan fingerprint density at radius 1 is 1.18 bits per heavy atom. The molecule has 1 saturated carbocycles. The van der Waals surface area contributed by atoms with Crippen molar-refractivity contribution >= 4 is 26.7 Å². The van der Waals surface area contributed by atoms with Gasteiger partial charge in [-0.25, -0.2) is 13.4 Å². The number of aromatic nitrogens is 3. The van der Waals surface area contributed by atoms with E-state index in [1.54, 1.807) is 51.2 Å². The standard InChI is InChI=1S/C20H22N4O3S/c1-12(2)28(26,27)15-8-4-13(5-9-15)17-10-18-16(11-21-17)19(25)24(3)20(23-18)22-14-6-7-14/h4-5,8-12,14H,6-7H2,1-3H3,(H,22,23). The lowest BCUT2D eigenvalue weighted by molar-refractivity contribution is 0.587. The van der Waals surface area contributed by atoms with E-state index >= 15 is 0 Å². The molecule has 28 heavy (non-hydrogen) atoms. The highest BCUT2D eigenvalue weighted by molar-refractivity contribution is 7.92. The Kier molecular flexibility index (Phi) is 4.45. The number of nitrogens with zero attached hydrogens (tertiary/aromatic N) is 3. The van der Waals surface area contributed by atoms with Crippen molar-refractivity contribution in [2.24, 2.45) is 7.05 Å². The van der Waals surface area contributed by atoms with Gasteiger partial charge in [0.1, 0.15) is 0 Å². The molecule has 1 aliphatic carbocycles. The van der Waals surface area contributed by atoms with Gasteiger partial charge in [-0.05, 0) is 44.9 Å². The summed E-state index contributed by atoms with van der Waals surface area (Å²) in [4.78, 5) is 21.9. The highest BCUT2D eigenvalue weighted by Crippen LogP contribution is 2.26. The van der Waals surface area contributed by atoms with Gasteiger partial charge in [-0.3, -0.25) is 14.3 Å². The molecule has 0 amide bonds. The van der Waals surface area contributed by atoms with Gasteiger partial charge in [0.05, 0.1) is 26.7 Å². The second kappa shape index (κ2) is 6.70. The molecule has 146 valence electrons. The van der Waals surface area contributed by atoms with Crippen molar-refractivity contribution < 1.29 is 8.42 Å². The van der Waals surface area contributed by atoms with Crippen LogP contribution in [0.25, 0.3) is 22.2 Å². The van der Waals surface area contributed by atoms with Crippen LogP contribution in [-0.2, 0) is 16.9 Å². The van der Waals surface area contributed by atoms with Crippen LogP contribution in [-0.4, -0.2) is 34.2 Å². The first kappa shape index (κ1) is 18.6. The summed E-state index contributed by atoms with van der Waals surface area (Å²) in [5.74, 6) is 0.551. The summed E-state index contributed by atoms with van der Waals surface area (Å²) in [6.45, 7) is 3.32. The molecule has 8 heteroatoms. The van der Waals surface area contributed by atoms with Gasteiger partial charge in [-0.15, -0.1) is 0 Å². The first-order valence-electron chi connectivity index (χ1n) is 9.25. The van der Waals surface area contributed by atoms with E-state index in [1.807, 2.05) is 0 Å². The Morgan fingerprint density at radius 3 is 2.46 bits per heavy atom. The number of fused-ring (bicyclic) bond motifs is 1. The van der Waals surface area contributed by atoms with Gasteiger partial charge in [-0.2, -0.15) is 0 Å². The van der Waals surface area contributed by atoms with Gasteiger partial charge in [0.2, 0.25) is 5.95 Å². The zero-order chi connectivity index (χ0) is 20.1. The molecule has 4 rings (SSSR count). The first-order chi connectivity index (χ1) is 13.3. The Hall–Kier alpha value is -2.74. The van der Waals surface area contributed by atoms with Gasteiger partial charge in [0.15, 0.2) is 9.84 Å². The van der Waals surface area contributed by atoms with Gasteiger partial charge in [-0.1, -0.05) is 12.1 Å². The molecule has 0 unspecified atom stereocenters. The predicted molar refractivity (Wildman–Crippen MR) is 109 cm³/mol. The van der Waals surface area contributed by atoms with Crippen molar-refractivity contribution in [2.75, 3.05) is 5.32 Å². The smallest absolute Gasteiger partial charge is 0.264 e. The van der Waals surface area contributed by atoms with Crippen LogP contribution in [0.5, 0.6) is 0 Å². The minimum absolute atomic E-state index is 0.148. The van der Waals surface area contributed by atoms with Crippen LogP contribution in [0.1, 0.15) is 26.7 Å². The molecule has 1 fully saturated rings. The van der Waals surface area contributed by atoms with Crippen LogP contribution in [0, 0.1) is 0 Å². The third-order valence-corrected chi connectivity index (χ3v) is 7.14. The first-order valence-corrected chi connectivity index (χ1v) is 10.8. The van der Waals surface area contributed by atoms with Crippen molar-refractivity contribution in [3.05, 3.63) is 46.9 Å². The quantitative estimate of drug-likeness (QED) is 0.710. The molecule has 3 aromatic rings. The topological polar surface area (TPSA) is 94.0 Å². The average Bonchev–Trinajstić information content (AvgIpc) is 3.49. The normalized spacial score (nSPS) is 14.6. The lowest BCUT2D eigenvalue weighted by atomic mass is 10.1. The number of pyridine rings is 1. The third kappa shape index (κ3) is 3.28. The summed E-state index contributed by atoms with van der Waals surface area (Å²) >= 11 is 0. The van der Waals surface area contributed by atoms with E-state index < -0.39 is 15.1 Å². The molecule has 0 radical (unpaired) electrons. The van der Waals surface area contributed by atoms with Crippen LogP contribution in [0.2, 0.25) is 0 Å². The summed E-state index contributed by atoms with van der Waals surface area (Å²) in [5.41, 5.74) is 1.82. The molecule has 1 aromatic carbocycles. The Balaban J connectivity index is 1.75. The minimum Gasteiger partial charge on any atom is -0.353 e. The molecule has 1 aliphatic rings. The maximum Gasteiger partial charge on any atom is 0.264 e. The molecule has 2 heterocycles. The number of sulfone groups is 1. The molecule has 0 saturated heterocycles. The van der Waals surface area contributed by atoms with Crippen LogP contribution in [0.15, 0.2) is 46.2 Å². The molecule has 0 bridgehead atoms. The van der Waals surface area contributed by atoms with Gasteiger partial charge in [0.25, 0.3) is 5.56 Å². The molecular formula is C20H22N4O3S. The van der Waals surface area contributed by atoms with Gasteiger partial charge in [0, 0.05) is 24.8 Å². The molecular weight excluding hydrogens is 376 g/mol. The van der Waals surface area contributed by atoms with Gasteiger partial charge >= 0.3 is 0 Å². The maximum atomic E-state index is 12.6. The van der Waals surface area contributed by atoms with E-state index in [0.29, 0.717) is 28.6 Å². The fourth-order valence-corrected chi connectivity index (χ4v) is 4.01. The predicted octanol–water partition coefficient (Wildman–Crippen LogP) is 2.75. The number of benzene rings is 1. The fourth-order valence-electron chi connectivity index (χ4n) is 2.95. The van der Waals surface area contributed by atoms with E-state index in [0.717, 1.165) is 18.4 Å². The summed E-state index contributed by atoms with van der Waals surface area (Å²) in [7, 11) is -1.62. The summed E-state index contributed by atoms with van der Waals surface area (Å²) in [6.07, 6.45) is 3.70. The Bertz CT molecular complexity index is 1210. The molecule has 1 N–H and O–H groups in total. The lowest BCUT2D eigenvalue weighted by Crippen LogP contribution is -2.23.